The number of amides is 1. The number of hydrogen-bond donors (Lipinski definition) is 0. The molecular weight excluding hydrogens is 380 g/mol. The van der Waals surface area contributed by atoms with Crippen LogP contribution in [0.4, 0.5) is 5.13 Å². The molecular formula is C23H24N4OS. The zero-order valence-electron chi connectivity index (χ0n) is 17.1. The molecule has 0 N–H and O–H groups in total. The van der Waals surface area contributed by atoms with Crippen LogP contribution in [0.5, 0.6) is 0 Å². The van der Waals surface area contributed by atoms with E-state index in [-0.39, 0.29) is 5.91 Å². The third kappa shape index (κ3) is 3.93. The van der Waals surface area contributed by atoms with E-state index in [1.807, 2.05) is 74.0 Å². The first-order valence-electron chi connectivity index (χ1n) is 9.68. The Balaban J connectivity index is 1.70. The number of para-hydroxylation sites is 1. The number of aromatic nitrogens is 3. The van der Waals surface area contributed by atoms with Crippen LogP contribution in [0.25, 0.3) is 10.2 Å². The summed E-state index contributed by atoms with van der Waals surface area (Å²) in [6, 6.07) is 15.9. The highest BCUT2D eigenvalue weighted by Gasteiger charge is 2.22. The third-order valence-corrected chi connectivity index (χ3v) is 6.21. The summed E-state index contributed by atoms with van der Waals surface area (Å²) in [5.41, 5.74) is 5.95. The van der Waals surface area contributed by atoms with Gasteiger partial charge >= 0.3 is 0 Å². The summed E-state index contributed by atoms with van der Waals surface area (Å²) in [5.74, 6) is -0.0336. The third-order valence-electron chi connectivity index (χ3n) is 5.15. The molecule has 0 bridgehead atoms. The van der Waals surface area contributed by atoms with Gasteiger partial charge in [-0.3, -0.25) is 14.4 Å². The lowest BCUT2D eigenvalue weighted by molar-refractivity contribution is 0.0985. The molecule has 0 spiro atoms. The normalized spacial score (nSPS) is 11.2. The molecule has 5 nitrogen and oxygen atoms in total. The maximum atomic E-state index is 13.5. The lowest BCUT2D eigenvalue weighted by atomic mass is 10.1. The maximum absolute atomic E-state index is 13.5. The molecule has 2 heterocycles. The highest BCUT2D eigenvalue weighted by Crippen LogP contribution is 2.30. The second kappa shape index (κ2) is 7.79. The van der Waals surface area contributed by atoms with E-state index < -0.39 is 0 Å². The van der Waals surface area contributed by atoms with Gasteiger partial charge in [-0.1, -0.05) is 29.5 Å². The van der Waals surface area contributed by atoms with Crippen LogP contribution < -0.4 is 4.90 Å². The van der Waals surface area contributed by atoms with E-state index in [2.05, 4.69) is 12.0 Å². The molecule has 29 heavy (non-hydrogen) atoms. The highest BCUT2D eigenvalue weighted by atomic mass is 32.1. The van der Waals surface area contributed by atoms with Gasteiger partial charge in [0.1, 0.15) is 0 Å². The Bertz CT molecular complexity index is 1160. The summed E-state index contributed by atoms with van der Waals surface area (Å²) in [7, 11) is 0. The number of anilines is 1. The van der Waals surface area contributed by atoms with Crippen molar-refractivity contribution in [2.24, 2.45) is 0 Å². The number of fused-ring (bicyclic) bond motifs is 1. The molecule has 0 saturated heterocycles. The van der Waals surface area contributed by atoms with Crippen LogP contribution in [-0.4, -0.2) is 27.2 Å². The van der Waals surface area contributed by atoms with E-state index in [4.69, 9.17) is 4.98 Å². The van der Waals surface area contributed by atoms with Crippen LogP contribution >= 0.6 is 11.3 Å². The van der Waals surface area contributed by atoms with Crippen molar-refractivity contribution in [3.8, 4) is 0 Å². The molecule has 6 heteroatoms. The summed E-state index contributed by atoms with van der Waals surface area (Å²) in [6.07, 6.45) is 0. The Morgan fingerprint density at radius 3 is 2.52 bits per heavy atom. The standard InChI is InChI=1S/C23H24N4OS/c1-15-9-10-19(13-16(15)2)22(28)26(11-12-27-18(4)14-17(3)25-27)23-24-20-7-5-6-8-21(20)29-23/h5-10,13-14H,11-12H2,1-4H3. The van der Waals surface area contributed by atoms with Crippen LogP contribution in [0.2, 0.25) is 0 Å². The van der Waals surface area contributed by atoms with Crippen LogP contribution in [0.1, 0.15) is 32.9 Å². The smallest absolute Gasteiger partial charge is 0.260 e. The topological polar surface area (TPSA) is 51.0 Å². The molecule has 0 aliphatic carbocycles. The van der Waals surface area contributed by atoms with Gasteiger partial charge in [-0.15, -0.1) is 0 Å². The average molecular weight is 405 g/mol. The van der Waals surface area contributed by atoms with Crippen LogP contribution in [0.3, 0.4) is 0 Å². The van der Waals surface area contributed by atoms with E-state index in [9.17, 15) is 4.79 Å². The molecule has 1 amide bonds. The summed E-state index contributed by atoms with van der Waals surface area (Å²) < 4.78 is 3.02. The molecule has 2 aromatic heterocycles. The number of carbonyl (C=O) groups is 1. The Morgan fingerprint density at radius 1 is 1.03 bits per heavy atom. The minimum atomic E-state index is -0.0336. The number of carbonyl (C=O) groups excluding carboxylic acids is 1. The SMILES string of the molecule is Cc1cc(C)n(CCN(C(=O)c2ccc(C)c(C)c2)c2nc3ccccc3s2)n1. The van der Waals surface area contributed by atoms with Crippen molar-refractivity contribution >= 4 is 32.6 Å². The van der Waals surface area contributed by atoms with Crippen LogP contribution in [0.15, 0.2) is 48.5 Å². The lowest BCUT2D eigenvalue weighted by Gasteiger charge is -2.21. The Hall–Kier alpha value is -2.99. The Kier molecular flexibility index (Phi) is 5.20. The second-order valence-corrected chi connectivity index (χ2v) is 8.38. The molecule has 4 rings (SSSR count). The quantitative estimate of drug-likeness (QED) is 0.466. The van der Waals surface area contributed by atoms with Crippen molar-refractivity contribution in [3.05, 3.63) is 76.6 Å². The van der Waals surface area contributed by atoms with Crippen molar-refractivity contribution in [2.45, 2.75) is 34.2 Å². The van der Waals surface area contributed by atoms with Gasteiger partial charge in [-0.05, 0) is 69.2 Å². The van der Waals surface area contributed by atoms with Crippen molar-refractivity contribution in [3.63, 3.8) is 0 Å². The maximum Gasteiger partial charge on any atom is 0.260 e. The summed E-state index contributed by atoms with van der Waals surface area (Å²) >= 11 is 1.54. The van der Waals surface area contributed by atoms with Crippen molar-refractivity contribution in [2.75, 3.05) is 11.4 Å². The van der Waals surface area contributed by atoms with E-state index in [1.54, 1.807) is 16.2 Å². The van der Waals surface area contributed by atoms with E-state index >= 15 is 0 Å². The minimum Gasteiger partial charge on any atom is -0.282 e. The van der Waals surface area contributed by atoms with Gasteiger partial charge in [0.25, 0.3) is 5.91 Å². The monoisotopic (exact) mass is 404 g/mol. The van der Waals surface area contributed by atoms with Gasteiger partial charge in [-0.25, -0.2) is 4.98 Å². The van der Waals surface area contributed by atoms with Crippen LogP contribution in [0, 0.1) is 27.7 Å². The number of hydrogen-bond acceptors (Lipinski definition) is 4. The average Bonchev–Trinajstić information content (AvgIpc) is 3.26. The first-order valence-corrected chi connectivity index (χ1v) is 10.5. The first-order chi connectivity index (χ1) is 13.9. The number of nitrogens with zero attached hydrogens (tertiary/aromatic N) is 4. The molecule has 0 fully saturated rings. The lowest BCUT2D eigenvalue weighted by Crippen LogP contribution is -2.34. The van der Waals surface area contributed by atoms with Crippen molar-refractivity contribution < 1.29 is 4.79 Å². The predicted octanol–water partition coefficient (Wildman–Crippen LogP) is 5.07. The second-order valence-electron chi connectivity index (χ2n) is 7.37. The van der Waals surface area contributed by atoms with Gasteiger partial charge in [0.2, 0.25) is 0 Å². The molecule has 2 aromatic carbocycles. The first kappa shape index (κ1) is 19.3. The Morgan fingerprint density at radius 2 is 1.83 bits per heavy atom. The van der Waals surface area contributed by atoms with Gasteiger partial charge in [-0.2, -0.15) is 5.10 Å². The molecule has 0 atom stereocenters. The Labute approximate surface area is 174 Å². The van der Waals surface area contributed by atoms with Gasteiger partial charge in [0, 0.05) is 17.8 Å². The fourth-order valence-corrected chi connectivity index (χ4v) is 4.38. The zero-order valence-corrected chi connectivity index (χ0v) is 18.0. The largest absolute Gasteiger partial charge is 0.282 e. The van der Waals surface area contributed by atoms with E-state index in [0.717, 1.165) is 32.3 Å². The fraction of sp³-hybridized carbons (Fsp3) is 0.261. The molecule has 0 radical (unpaired) electrons. The molecule has 0 aliphatic rings. The number of thiazole rings is 1. The highest BCUT2D eigenvalue weighted by molar-refractivity contribution is 7.22. The van der Waals surface area contributed by atoms with E-state index in [1.165, 1.54) is 5.56 Å². The molecule has 0 saturated carbocycles. The van der Waals surface area contributed by atoms with Crippen molar-refractivity contribution in [1.82, 2.24) is 14.8 Å². The summed E-state index contributed by atoms with van der Waals surface area (Å²) in [4.78, 5) is 20.0. The molecule has 4 aromatic rings. The van der Waals surface area contributed by atoms with Crippen LogP contribution in [-0.2, 0) is 6.54 Å². The number of aryl methyl sites for hydroxylation is 4. The van der Waals surface area contributed by atoms with Crippen molar-refractivity contribution in [1.29, 1.82) is 0 Å². The summed E-state index contributed by atoms with van der Waals surface area (Å²) in [5, 5.41) is 5.26. The molecule has 0 unspecified atom stereocenters. The number of benzene rings is 2. The van der Waals surface area contributed by atoms with Gasteiger partial charge in [0.05, 0.1) is 22.5 Å². The van der Waals surface area contributed by atoms with Gasteiger partial charge in [0.15, 0.2) is 5.13 Å². The molecule has 0 aliphatic heterocycles. The summed E-state index contributed by atoms with van der Waals surface area (Å²) in [6.45, 7) is 9.23. The number of rotatable bonds is 5. The van der Waals surface area contributed by atoms with Gasteiger partial charge < -0.3 is 0 Å². The fourth-order valence-electron chi connectivity index (χ4n) is 3.39. The molecule has 148 valence electrons. The van der Waals surface area contributed by atoms with E-state index in [0.29, 0.717) is 18.7 Å². The minimum absolute atomic E-state index is 0.0336. The zero-order chi connectivity index (χ0) is 20.5. The predicted molar refractivity (Wildman–Crippen MR) is 119 cm³/mol.